The Balaban J connectivity index is 2.03. The number of nitrogens with zero attached hydrogens (tertiary/aromatic N) is 3. The van der Waals surface area contributed by atoms with Gasteiger partial charge in [0.1, 0.15) is 0 Å². The Morgan fingerprint density at radius 2 is 2.15 bits per heavy atom. The highest BCUT2D eigenvalue weighted by molar-refractivity contribution is 4.99. The molecule has 1 fully saturated rings. The van der Waals surface area contributed by atoms with Gasteiger partial charge < -0.3 is 10.1 Å². The first kappa shape index (κ1) is 15.4. The van der Waals surface area contributed by atoms with Crippen LogP contribution in [0.15, 0.2) is 6.20 Å². The van der Waals surface area contributed by atoms with Crippen molar-refractivity contribution >= 4 is 0 Å². The zero-order valence-electron chi connectivity index (χ0n) is 13.0. The van der Waals surface area contributed by atoms with E-state index in [4.69, 9.17) is 4.74 Å². The number of ether oxygens (including phenoxy) is 1. The van der Waals surface area contributed by atoms with E-state index in [1.807, 2.05) is 20.4 Å². The third kappa shape index (κ3) is 4.03. The lowest BCUT2D eigenvalue weighted by atomic mass is 9.81. The number of hydrogen-bond donors (Lipinski definition) is 1. The summed E-state index contributed by atoms with van der Waals surface area (Å²) in [6.07, 6.45) is 9.81. The molecule has 5 heteroatoms. The number of rotatable bonds is 7. The lowest BCUT2D eigenvalue weighted by Gasteiger charge is -2.35. The van der Waals surface area contributed by atoms with Crippen LogP contribution in [0.3, 0.4) is 0 Å². The Morgan fingerprint density at radius 3 is 2.70 bits per heavy atom. The minimum Gasteiger partial charge on any atom is -0.380 e. The lowest BCUT2D eigenvalue weighted by molar-refractivity contribution is 0.00846. The Bertz CT molecular complexity index is 387. The van der Waals surface area contributed by atoms with Gasteiger partial charge in [-0.3, -0.25) is 4.68 Å². The zero-order valence-corrected chi connectivity index (χ0v) is 13.0. The van der Waals surface area contributed by atoms with Gasteiger partial charge in [0.2, 0.25) is 0 Å². The number of hydrogen-bond acceptors (Lipinski definition) is 4. The fourth-order valence-electron chi connectivity index (χ4n) is 3.43. The van der Waals surface area contributed by atoms with Crippen LogP contribution in [0.1, 0.15) is 44.7 Å². The molecular formula is C15H28N4O. The van der Waals surface area contributed by atoms with Gasteiger partial charge in [-0.1, -0.05) is 31.4 Å². The summed E-state index contributed by atoms with van der Waals surface area (Å²) in [6, 6.07) is 0.324. The largest absolute Gasteiger partial charge is 0.380 e. The topological polar surface area (TPSA) is 52.0 Å². The summed E-state index contributed by atoms with van der Waals surface area (Å²) in [4.78, 5) is 0. The van der Waals surface area contributed by atoms with Crippen molar-refractivity contribution in [3.8, 4) is 0 Å². The van der Waals surface area contributed by atoms with Crippen LogP contribution >= 0.6 is 0 Å². The molecule has 1 aliphatic rings. The Morgan fingerprint density at radius 1 is 1.40 bits per heavy atom. The minimum absolute atomic E-state index is 0.275. The molecule has 1 heterocycles. The number of nitrogens with one attached hydrogen (secondary N) is 1. The molecule has 0 bridgehead atoms. The second-order valence-electron chi connectivity index (χ2n) is 5.85. The number of aryl methyl sites for hydroxylation is 1. The van der Waals surface area contributed by atoms with Gasteiger partial charge in [0.05, 0.1) is 11.8 Å². The van der Waals surface area contributed by atoms with Crippen molar-refractivity contribution in [1.82, 2.24) is 20.3 Å². The maximum Gasteiger partial charge on any atom is 0.0843 e. The third-order valence-electron chi connectivity index (χ3n) is 4.33. The summed E-state index contributed by atoms with van der Waals surface area (Å²) in [5, 5.41) is 11.8. The summed E-state index contributed by atoms with van der Waals surface area (Å²) in [6.45, 7) is 3.11. The monoisotopic (exact) mass is 280 g/mol. The van der Waals surface area contributed by atoms with Crippen LogP contribution in [0.4, 0.5) is 0 Å². The highest BCUT2D eigenvalue weighted by atomic mass is 16.5. The van der Waals surface area contributed by atoms with E-state index >= 15 is 0 Å². The number of likely N-dealkylation sites (N-methyl/N-ethyl adjacent to an activating group) is 1. The second kappa shape index (κ2) is 7.74. The van der Waals surface area contributed by atoms with Crippen LogP contribution in [0.2, 0.25) is 0 Å². The average Bonchev–Trinajstić information content (AvgIpc) is 2.86. The van der Waals surface area contributed by atoms with E-state index in [-0.39, 0.29) is 6.10 Å². The molecule has 0 saturated heterocycles. The number of aromatic nitrogens is 3. The van der Waals surface area contributed by atoms with Crippen LogP contribution in [-0.4, -0.2) is 40.8 Å². The molecule has 0 aromatic carbocycles. The molecule has 0 radical (unpaired) electrons. The van der Waals surface area contributed by atoms with E-state index in [0.29, 0.717) is 12.0 Å². The van der Waals surface area contributed by atoms with Crippen LogP contribution in [0.5, 0.6) is 0 Å². The van der Waals surface area contributed by atoms with Crippen molar-refractivity contribution < 1.29 is 4.74 Å². The Hall–Kier alpha value is -0.940. The van der Waals surface area contributed by atoms with Crippen molar-refractivity contribution in [3.63, 3.8) is 0 Å². The standard InChI is InChI=1S/C15H28N4O/c1-4-16-14(10-13-11-19(2)18-17-13)15(20-3)12-8-6-5-7-9-12/h11-12,14-16H,4-10H2,1-3H3. The molecule has 1 saturated carbocycles. The van der Waals surface area contributed by atoms with Gasteiger partial charge in [-0.25, -0.2) is 0 Å². The normalized spacial score (nSPS) is 19.9. The van der Waals surface area contributed by atoms with E-state index < -0.39 is 0 Å². The van der Waals surface area contributed by atoms with E-state index in [2.05, 4.69) is 22.6 Å². The molecule has 0 amide bonds. The summed E-state index contributed by atoms with van der Waals surface area (Å²) in [5.74, 6) is 0.675. The van der Waals surface area contributed by atoms with Gasteiger partial charge in [-0.2, -0.15) is 0 Å². The van der Waals surface area contributed by atoms with E-state index in [0.717, 1.165) is 18.7 Å². The van der Waals surface area contributed by atoms with Gasteiger partial charge >= 0.3 is 0 Å². The molecule has 2 rings (SSSR count). The van der Waals surface area contributed by atoms with Crippen molar-refractivity contribution in [2.24, 2.45) is 13.0 Å². The Labute approximate surface area is 122 Å². The first-order valence-corrected chi connectivity index (χ1v) is 7.86. The number of methoxy groups -OCH3 is 1. The molecular weight excluding hydrogens is 252 g/mol. The first-order valence-electron chi connectivity index (χ1n) is 7.86. The fourth-order valence-corrected chi connectivity index (χ4v) is 3.43. The molecule has 0 spiro atoms. The summed E-state index contributed by atoms with van der Waals surface area (Å²) < 4.78 is 7.63. The first-order chi connectivity index (χ1) is 9.74. The highest BCUT2D eigenvalue weighted by Gasteiger charge is 2.30. The van der Waals surface area contributed by atoms with Crippen LogP contribution in [0.25, 0.3) is 0 Å². The van der Waals surface area contributed by atoms with Crippen LogP contribution in [-0.2, 0) is 18.2 Å². The van der Waals surface area contributed by atoms with Gasteiger partial charge in [0.15, 0.2) is 0 Å². The van der Waals surface area contributed by atoms with Crippen molar-refractivity contribution in [2.45, 2.75) is 57.6 Å². The predicted octanol–water partition coefficient (Wildman–Crippen LogP) is 1.93. The molecule has 1 aromatic heterocycles. The SMILES string of the molecule is CCNC(Cc1cn(C)nn1)C(OC)C1CCCCC1. The van der Waals surface area contributed by atoms with E-state index in [1.54, 1.807) is 4.68 Å². The zero-order chi connectivity index (χ0) is 14.4. The van der Waals surface area contributed by atoms with E-state index in [1.165, 1.54) is 32.1 Å². The average molecular weight is 280 g/mol. The highest BCUT2D eigenvalue weighted by Crippen LogP contribution is 2.30. The molecule has 20 heavy (non-hydrogen) atoms. The van der Waals surface area contributed by atoms with Gasteiger partial charge in [0.25, 0.3) is 0 Å². The molecule has 2 atom stereocenters. The van der Waals surface area contributed by atoms with Gasteiger partial charge in [0, 0.05) is 32.8 Å². The predicted molar refractivity (Wildman–Crippen MR) is 79.5 cm³/mol. The smallest absolute Gasteiger partial charge is 0.0843 e. The molecule has 0 aliphatic heterocycles. The molecule has 1 N–H and O–H groups in total. The molecule has 2 unspecified atom stereocenters. The Kier molecular flexibility index (Phi) is 5.98. The fraction of sp³-hybridized carbons (Fsp3) is 0.867. The van der Waals surface area contributed by atoms with E-state index in [9.17, 15) is 0 Å². The summed E-state index contributed by atoms with van der Waals surface area (Å²) in [7, 11) is 3.76. The molecule has 114 valence electrons. The lowest BCUT2D eigenvalue weighted by Crippen LogP contribution is -2.47. The maximum absolute atomic E-state index is 5.87. The maximum atomic E-state index is 5.87. The summed E-state index contributed by atoms with van der Waals surface area (Å²) >= 11 is 0. The summed E-state index contributed by atoms with van der Waals surface area (Å²) in [5.41, 5.74) is 1.04. The second-order valence-corrected chi connectivity index (χ2v) is 5.85. The van der Waals surface area contributed by atoms with Crippen LogP contribution < -0.4 is 5.32 Å². The minimum atomic E-state index is 0.275. The third-order valence-corrected chi connectivity index (χ3v) is 4.33. The van der Waals surface area contributed by atoms with Gasteiger partial charge in [-0.05, 0) is 25.3 Å². The van der Waals surface area contributed by atoms with Crippen LogP contribution in [0, 0.1) is 5.92 Å². The molecule has 1 aromatic rings. The van der Waals surface area contributed by atoms with Crippen molar-refractivity contribution in [2.75, 3.05) is 13.7 Å². The van der Waals surface area contributed by atoms with Crippen molar-refractivity contribution in [3.05, 3.63) is 11.9 Å². The molecule has 5 nitrogen and oxygen atoms in total. The van der Waals surface area contributed by atoms with Crippen molar-refractivity contribution in [1.29, 1.82) is 0 Å². The quantitative estimate of drug-likeness (QED) is 0.829. The molecule has 1 aliphatic carbocycles. The van der Waals surface area contributed by atoms with Gasteiger partial charge in [-0.15, -0.1) is 5.10 Å².